The molecule has 1 atom stereocenters. The summed E-state index contributed by atoms with van der Waals surface area (Å²) in [6, 6.07) is 15.2. The minimum atomic E-state index is -1.16. The van der Waals surface area contributed by atoms with E-state index in [0.29, 0.717) is 12.8 Å². The number of carbonyl (C=O) groups excluding carboxylic acids is 2. The van der Waals surface area contributed by atoms with Crippen LogP contribution in [0.1, 0.15) is 63.0 Å². The molecule has 0 aliphatic heterocycles. The molecule has 2 aromatic carbocycles. The zero-order valence-corrected chi connectivity index (χ0v) is 19.7. The smallest absolute Gasteiger partial charge is 0.408 e. The first kappa shape index (κ1) is 23.8. The Bertz CT molecular complexity index is 1030. The lowest BCUT2D eigenvalue weighted by Crippen LogP contribution is -2.62. The minimum absolute atomic E-state index is 0.0772. The molecular weight excluding hydrogens is 432 g/mol. The highest BCUT2D eigenvalue weighted by molar-refractivity contribution is 5.93. The second kappa shape index (κ2) is 9.87. The summed E-state index contributed by atoms with van der Waals surface area (Å²) in [7, 11) is 0. The third-order valence-corrected chi connectivity index (χ3v) is 7.05. The number of hydrogen-bond donors (Lipinski definition) is 3. The Morgan fingerprint density at radius 1 is 0.971 bits per heavy atom. The van der Waals surface area contributed by atoms with E-state index in [4.69, 9.17) is 4.74 Å². The summed E-state index contributed by atoms with van der Waals surface area (Å²) in [5.74, 6) is -1.90. The number of nitrogens with one attached hydrogen (secondary N) is 2. The predicted octanol–water partition coefficient (Wildman–Crippen LogP) is 4.45. The molecule has 4 rings (SSSR count). The molecule has 0 radical (unpaired) electrons. The molecule has 1 saturated carbocycles. The Labute approximate surface area is 199 Å². The van der Waals surface area contributed by atoms with E-state index in [1.54, 1.807) is 13.8 Å². The summed E-state index contributed by atoms with van der Waals surface area (Å²) in [4.78, 5) is 37.8. The van der Waals surface area contributed by atoms with Crippen molar-refractivity contribution in [3.8, 4) is 11.1 Å². The molecule has 3 N–H and O–H groups in total. The van der Waals surface area contributed by atoms with Gasteiger partial charge in [0.15, 0.2) is 0 Å². The van der Waals surface area contributed by atoms with Gasteiger partial charge in [-0.25, -0.2) is 9.59 Å². The number of carboxylic acid groups (broad SMARTS) is 1. The number of alkyl carbamates (subject to hydrolysis) is 1. The molecule has 2 aliphatic rings. The van der Waals surface area contributed by atoms with Crippen LogP contribution in [0.3, 0.4) is 0 Å². The van der Waals surface area contributed by atoms with Gasteiger partial charge in [0.1, 0.15) is 18.2 Å². The lowest BCUT2D eigenvalue weighted by atomic mass is 9.80. The van der Waals surface area contributed by atoms with Crippen molar-refractivity contribution < 1.29 is 24.2 Å². The number of carboxylic acids is 1. The Balaban J connectivity index is 1.47. The first-order chi connectivity index (χ1) is 16.3. The molecule has 7 nitrogen and oxygen atoms in total. The molecular formula is C27H32N2O5. The fourth-order valence-electron chi connectivity index (χ4n) is 5.19. The number of ether oxygens (including phenoxy) is 1. The zero-order chi connectivity index (χ0) is 24.3. The average molecular weight is 465 g/mol. The summed E-state index contributed by atoms with van der Waals surface area (Å²) < 4.78 is 5.67. The van der Waals surface area contributed by atoms with Crippen LogP contribution in [-0.4, -0.2) is 41.3 Å². The number of rotatable bonds is 7. The van der Waals surface area contributed by atoms with E-state index in [1.807, 2.05) is 24.3 Å². The maximum Gasteiger partial charge on any atom is 0.408 e. The highest BCUT2D eigenvalue weighted by Crippen LogP contribution is 2.44. The summed E-state index contributed by atoms with van der Waals surface area (Å²) >= 11 is 0. The average Bonchev–Trinajstić information content (AvgIpc) is 3.15. The third kappa shape index (κ3) is 4.65. The molecule has 0 spiro atoms. The van der Waals surface area contributed by atoms with Crippen molar-refractivity contribution in [3.05, 3.63) is 59.7 Å². The van der Waals surface area contributed by atoms with Crippen LogP contribution < -0.4 is 10.6 Å². The Morgan fingerprint density at radius 3 is 2.06 bits per heavy atom. The van der Waals surface area contributed by atoms with Crippen molar-refractivity contribution >= 4 is 18.0 Å². The largest absolute Gasteiger partial charge is 0.480 e. The van der Waals surface area contributed by atoms with E-state index < -0.39 is 29.6 Å². The fraction of sp³-hybridized carbons (Fsp3) is 0.444. The molecule has 0 saturated heterocycles. The fourth-order valence-corrected chi connectivity index (χ4v) is 5.19. The molecule has 2 aliphatic carbocycles. The highest BCUT2D eigenvalue weighted by Gasteiger charge is 2.43. The standard InChI is InChI=1S/C27H32N2O5/c1-17(2)23(24(30)31)28-25(32)27(14-8-3-9-15-27)29-26(33)34-16-22-20-12-6-4-10-18(20)19-11-5-7-13-21(19)22/h4-7,10-13,17,22-23H,3,8-9,14-16H2,1-2H3,(H,28,32)(H,29,33)(H,30,31)/t23-/m0/s1. The van der Waals surface area contributed by atoms with Crippen LogP contribution in [0.2, 0.25) is 0 Å². The second-order valence-electron chi connectivity index (χ2n) is 9.63. The van der Waals surface area contributed by atoms with Crippen molar-refractivity contribution in [3.63, 3.8) is 0 Å². The zero-order valence-electron chi connectivity index (χ0n) is 19.7. The minimum Gasteiger partial charge on any atom is -0.480 e. The Morgan fingerprint density at radius 2 is 1.53 bits per heavy atom. The van der Waals surface area contributed by atoms with Crippen molar-refractivity contribution in [2.24, 2.45) is 5.92 Å². The predicted molar refractivity (Wildman–Crippen MR) is 128 cm³/mol. The van der Waals surface area contributed by atoms with Crippen LogP contribution >= 0.6 is 0 Å². The number of carbonyl (C=O) groups is 3. The maximum absolute atomic E-state index is 13.2. The number of aliphatic carboxylic acids is 1. The van der Waals surface area contributed by atoms with Crippen molar-refractivity contribution in [2.45, 2.75) is 63.5 Å². The van der Waals surface area contributed by atoms with E-state index in [0.717, 1.165) is 41.5 Å². The molecule has 0 unspecified atom stereocenters. The van der Waals surface area contributed by atoms with Gasteiger partial charge in [-0.3, -0.25) is 4.79 Å². The van der Waals surface area contributed by atoms with Gasteiger partial charge in [-0.05, 0) is 41.0 Å². The molecule has 0 aromatic heterocycles. The Hall–Kier alpha value is -3.35. The van der Waals surface area contributed by atoms with Gasteiger partial charge >= 0.3 is 12.1 Å². The van der Waals surface area contributed by atoms with E-state index in [2.05, 4.69) is 34.9 Å². The lowest BCUT2D eigenvalue weighted by Gasteiger charge is -2.37. The summed E-state index contributed by atoms with van der Waals surface area (Å²) in [6.45, 7) is 3.64. The quantitative estimate of drug-likeness (QED) is 0.561. The monoisotopic (exact) mass is 464 g/mol. The lowest BCUT2D eigenvalue weighted by molar-refractivity contribution is -0.144. The summed E-state index contributed by atoms with van der Waals surface area (Å²) in [5.41, 5.74) is 3.35. The summed E-state index contributed by atoms with van der Waals surface area (Å²) in [5, 5.41) is 15.0. The van der Waals surface area contributed by atoms with Gasteiger partial charge in [-0.15, -0.1) is 0 Å². The number of hydrogen-bond acceptors (Lipinski definition) is 4. The van der Waals surface area contributed by atoms with Crippen LogP contribution in [0.5, 0.6) is 0 Å². The summed E-state index contributed by atoms with van der Waals surface area (Å²) in [6.07, 6.45) is 2.76. The van der Waals surface area contributed by atoms with Gasteiger partial charge in [0.25, 0.3) is 0 Å². The van der Waals surface area contributed by atoms with Gasteiger partial charge in [-0.1, -0.05) is 81.6 Å². The van der Waals surface area contributed by atoms with Crippen molar-refractivity contribution in [1.82, 2.24) is 10.6 Å². The maximum atomic E-state index is 13.2. The first-order valence-electron chi connectivity index (χ1n) is 12.0. The molecule has 7 heteroatoms. The van der Waals surface area contributed by atoms with E-state index in [1.165, 1.54) is 0 Å². The van der Waals surface area contributed by atoms with Crippen LogP contribution in [-0.2, 0) is 14.3 Å². The molecule has 2 aromatic rings. The van der Waals surface area contributed by atoms with Gasteiger partial charge in [0, 0.05) is 5.92 Å². The Kier molecular flexibility index (Phi) is 6.91. The van der Waals surface area contributed by atoms with Crippen LogP contribution in [0, 0.1) is 5.92 Å². The SMILES string of the molecule is CC(C)[C@H](NC(=O)C1(NC(=O)OCC2c3ccccc3-c3ccccc32)CCCCC1)C(=O)O. The number of amides is 2. The molecule has 0 heterocycles. The van der Waals surface area contributed by atoms with E-state index in [-0.39, 0.29) is 18.4 Å². The topological polar surface area (TPSA) is 105 Å². The molecule has 180 valence electrons. The second-order valence-corrected chi connectivity index (χ2v) is 9.63. The molecule has 34 heavy (non-hydrogen) atoms. The molecule has 2 amide bonds. The number of fused-ring (bicyclic) bond motifs is 3. The highest BCUT2D eigenvalue weighted by atomic mass is 16.5. The van der Waals surface area contributed by atoms with Crippen LogP contribution in [0.15, 0.2) is 48.5 Å². The first-order valence-corrected chi connectivity index (χ1v) is 12.0. The molecule has 1 fully saturated rings. The third-order valence-electron chi connectivity index (χ3n) is 7.05. The molecule has 0 bridgehead atoms. The van der Waals surface area contributed by atoms with Gasteiger partial charge < -0.3 is 20.5 Å². The van der Waals surface area contributed by atoms with Crippen molar-refractivity contribution in [2.75, 3.05) is 6.61 Å². The van der Waals surface area contributed by atoms with Crippen LogP contribution in [0.4, 0.5) is 4.79 Å². The van der Waals surface area contributed by atoms with Crippen molar-refractivity contribution in [1.29, 1.82) is 0 Å². The van der Waals surface area contributed by atoms with E-state index >= 15 is 0 Å². The van der Waals surface area contributed by atoms with E-state index in [9.17, 15) is 19.5 Å². The van der Waals surface area contributed by atoms with Gasteiger partial charge in [0.05, 0.1) is 0 Å². The number of benzene rings is 2. The van der Waals surface area contributed by atoms with Crippen LogP contribution in [0.25, 0.3) is 11.1 Å². The van der Waals surface area contributed by atoms with Gasteiger partial charge in [-0.2, -0.15) is 0 Å². The normalized spacial score (nSPS) is 17.4. The van der Waals surface area contributed by atoms with Gasteiger partial charge in [0.2, 0.25) is 5.91 Å².